The first-order valence-corrected chi connectivity index (χ1v) is 4.14. The third-order valence-corrected chi connectivity index (χ3v) is 2.31. The summed E-state index contributed by atoms with van der Waals surface area (Å²) in [5.41, 5.74) is 2.50. The standard InChI is InChI=1S/C8H10BrN/c1-3-7-4-6(2)8(9)10-5-7/h4-5H,3H2,1-2H3. The fourth-order valence-corrected chi connectivity index (χ4v) is 1.03. The lowest BCUT2D eigenvalue weighted by atomic mass is 10.2. The molecule has 0 aromatic carbocycles. The number of aromatic nitrogens is 1. The molecule has 0 aliphatic heterocycles. The van der Waals surface area contributed by atoms with Gasteiger partial charge in [-0.1, -0.05) is 13.0 Å². The normalized spacial score (nSPS) is 9.90. The quantitative estimate of drug-likeness (QED) is 0.635. The first kappa shape index (κ1) is 7.73. The van der Waals surface area contributed by atoms with Crippen LogP contribution in [0.4, 0.5) is 0 Å². The highest BCUT2D eigenvalue weighted by Crippen LogP contribution is 2.13. The summed E-state index contributed by atoms with van der Waals surface area (Å²) in [6.45, 7) is 4.18. The molecule has 0 aliphatic rings. The van der Waals surface area contributed by atoms with Crippen molar-refractivity contribution < 1.29 is 0 Å². The molecule has 1 aromatic rings. The van der Waals surface area contributed by atoms with Crippen LogP contribution in [-0.2, 0) is 6.42 Å². The smallest absolute Gasteiger partial charge is 0.108 e. The van der Waals surface area contributed by atoms with Gasteiger partial charge in [-0.25, -0.2) is 4.98 Å². The van der Waals surface area contributed by atoms with Crippen LogP contribution in [0, 0.1) is 6.92 Å². The molecule has 0 radical (unpaired) electrons. The molecular weight excluding hydrogens is 190 g/mol. The second-order valence-corrected chi connectivity index (χ2v) is 3.06. The maximum absolute atomic E-state index is 4.17. The van der Waals surface area contributed by atoms with E-state index >= 15 is 0 Å². The lowest BCUT2D eigenvalue weighted by Gasteiger charge is -1.98. The lowest BCUT2D eigenvalue weighted by molar-refractivity contribution is 1.07. The summed E-state index contributed by atoms with van der Waals surface area (Å²) in [7, 11) is 0. The Hall–Kier alpha value is -0.370. The summed E-state index contributed by atoms with van der Waals surface area (Å²) in [6, 6.07) is 2.15. The third-order valence-electron chi connectivity index (χ3n) is 1.48. The molecular formula is C8H10BrN. The molecule has 0 saturated heterocycles. The molecule has 0 aliphatic carbocycles. The fourth-order valence-electron chi connectivity index (χ4n) is 0.810. The van der Waals surface area contributed by atoms with E-state index in [1.54, 1.807) is 0 Å². The van der Waals surface area contributed by atoms with Gasteiger partial charge in [0.25, 0.3) is 0 Å². The van der Waals surface area contributed by atoms with Gasteiger partial charge in [0.1, 0.15) is 4.60 Å². The summed E-state index contributed by atoms with van der Waals surface area (Å²) in [4.78, 5) is 4.17. The molecule has 0 N–H and O–H groups in total. The molecule has 54 valence electrons. The molecule has 1 aromatic heterocycles. The van der Waals surface area contributed by atoms with Gasteiger partial charge in [0.15, 0.2) is 0 Å². The minimum Gasteiger partial charge on any atom is -0.249 e. The van der Waals surface area contributed by atoms with Crippen LogP contribution < -0.4 is 0 Å². The van der Waals surface area contributed by atoms with Crippen LogP contribution in [0.25, 0.3) is 0 Å². The van der Waals surface area contributed by atoms with Crippen LogP contribution in [0.1, 0.15) is 18.1 Å². The van der Waals surface area contributed by atoms with Crippen LogP contribution in [0.5, 0.6) is 0 Å². The van der Waals surface area contributed by atoms with E-state index in [0.717, 1.165) is 11.0 Å². The van der Waals surface area contributed by atoms with Gasteiger partial charge in [-0.3, -0.25) is 0 Å². The second kappa shape index (κ2) is 3.15. The molecule has 0 saturated carbocycles. The molecule has 0 unspecified atom stereocenters. The zero-order chi connectivity index (χ0) is 7.56. The van der Waals surface area contributed by atoms with E-state index in [1.807, 2.05) is 6.20 Å². The molecule has 0 fully saturated rings. The Balaban J connectivity index is 3.04. The van der Waals surface area contributed by atoms with Crippen LogP contribution >= 0.6 is 15.9 Å². The number of nitrogens with zero attached hydrogens (tertiary/aromatic N) is 1. The molecule has 0 spiro atoms. The van der Waals surface area contributed by atoms with Gasteiger partial charge in [0.2, 0.25) is 0 Å². The molecule has 1 nitrogen and oxygen atoms in total. The van der Waals surface area contributed by atoms with Crippen LogP contribution in [0.15, 0.2) is 16.9 Å². The van der Waals surface area contributed by atoms with E-state index in [2.05, 4.69) is 40.8 Å². The minimum absolute atomic E-state index is 0.949. The summed E-state index contributed by atoms with van der Waals surface area (Å²) in [5.74, 6) is 0. The average molecular weight is 200 g/mol. The average Bonchev–Trinajstić information content (AvgIpc) is 1.95. The molecule has 1 rings (SSSR count). The highest BCUT2D eigenvalue weighted by molar-refractivity contribution is 9.10. The van der Waals surface area contributed by atoms with Gasteiger partial charge >= 0.3 is 0 Å². The molecule has 1 heterocycles. The van der Waals surface area contributed by atoms with Gasteiger partial charge in [-0.2, -0.15) is 0 Å². The first-order valence-electron chi connectivity index (χ1n) is 3.35. The molecule has 0 bridgehead atoms. The summed E-state index contributed by atoms with van der Waals surface area (Å²) >= 11 is 3.35. The highest BCUT2D eigenvalue weighted by Gasteiger charge is 1.95. The van der Waals surface area contributed by atoms with E-state index in [4.69, 9.17) is 0 Å². The monoisotopic (exact) mass is 199 g/mol. The van der Waals surface area contributed by atoms with Crippen molar-refractivity contribution in [2.45, 2.75) is 20.3 Å². The number of pyridine rings is 1. The first-order chi connectivity index (χ1) is 4.74. The van der Waals surface area contributed by atoms with Crippen molar-refractivity contribution in [1.29, 1.82) is 0 Å². The van der Waals surface area contributed by atoms with Gasteiger partial charge in [-0.15, -0.1) is 0 Å². The van der Waals surface area contributed by atoms with Crippen molar-refractivity contribution in [3.05, 3.63) is 28.0 Å². The van der Waals surface area contributed by atoms with E-state index in [9.17, 15) is 0 Å². The Morgan fingerprint density at radius 3 is 2.80 bits per heavy atom. The minimum atomic E-state index is 0.949. The predicted molar refractivity (Wildman–Crippen MR) is 46.1 cm³/mol. The van der Waals surface area contributed by atoms with E-state index < -0.39 is 0 Å². The van der Waals surface area contributed by atoms with Crippen LogP contribution in [-0.4, -0.2) is 4.98 Å². The Bertz CT molecular complexity index is 233. The lowest BCUT2D eigenvalue weighted by Crippen LogP contribution is -1.86. The Kier molecular flexibility index (Phi) is 2.44. The molecule has 0 amide bonds. The van der Waals surface area contributed by atoms with Gasteiger partial charge in [-0.05, 0) is 40.4 Å². The van der Waals surface area contributed by atoms with Gasteiger partial charge in [0.05, 0.1) is 0 Å². The number of rotatable bonds is 1. The summed E-state index contributed by atoms with van der Waals surface area (Å²) < 4.78 is 0.949. The summed E-state index contributed by atoms with van der Waals surface area (Å²) in [6.07, 6.45) is 2.96. The fraction of sp³-hybridized carbons (Fsp3) is 0.375. The SMILES string of the molecule is CCc1cnc(Br)c(C)c1. The van der Waals surface area contributed by atoms with Crippen molar-refractivity contribution in [3.63, 3.8) is 0 Å². The van der Waals surface area contributed by atoms with Crippen molar-refractivity contribution in [1.82, 2.24) is 4.98 Å². The predicted octanol–water partition coefficient (Wildman–Crippen LogP) is 2.71. The van der Waals surface area contributed by atoms with Gasteiger partial charge in [0, 0.05) is 6.20 Å². The molecule has 2 heteroatoms. The molecule has 0 atom stereocenters. The molecule has 10 heavy (non-hydrogen) atoms. The van der Waals surface area contributed by atoms with Crippen LogP contribution in [0.3, 0.4) is 0 Å². The van der Waals surface area contributed by atoms with Crippen molar-refractivity contribution >= 4 is 15.9 Å². The van der Waals surface area contributed by atoms with Gasteiger partial charge < -0.3 is 0 Å². The Labute approximate surface area is 69.6 Å². The zero-order valence-electron chi connectivity index (χ0n) is 6.19. The number of aryl methyl sites for hydroxylation is 2. The van der Waals surface area contributed by atoms with Crippen molar-refractivity contribution in [2.24, 2.45) is 0 Å². The van der Waals surface area contributed by atoms with E-state index in [0.29, 0.717) is 0 Å². The maximum Gasteiger partial charge on any atom is 0.108 e. The van der Waals surface area contributed by atoms with Crippen molar-refractivity contribution in [2.75, 3.05) is 0 Å². The largest absolute Gasteiger partial charge is 0.249 e. The van der Waals surface area contributed by atoms with E-state index in [-0.39, 0.29) is 0 Å². The number of hydrogen-bond donors (Lipinski definition) is 0. The second-order valence-electron chi connectivity index (χ2n) is 2.30. The van der Waals surface area contributed by atoms with E-state index in [1.165, 1.54) is 11.1 Å². The highest BCUT2D eigenvalue weighted by atomic mass is 79.9. The topological polar surface area (TPSA) is 12.9 Å². The number of hydrogen-bond acceptors (Lipinski definition) is 1. The van der Waals surface area contributed by atoms with Crippen molar-refractivity contribution in [3.8, 4) is 0 Å². The Morgan fingerprint density at radius 2 is 2.30 bits per heavy atom. The zero-order valence-corrected chi connectivity index (χ0v) is 7.77. The maximum atomic E-state index is 4.17. The Morgan fingerprint density at radius 1 is 1.60 bits per heavy atom. The summed E-state index contributed by atoms with van der Waals surface area (Å²) in [5, 5.41) is 0. The third kappa shape index (κ3) is 1.57. The number of halogens is 1. The van der Waals surface area contributed by atoms with Crippen LogP contribution in [0.2, 0.25) is 0 Å².